The molecule has 0 radical (unpaired) electrons. The Labute approximate surface area is 218 Å². The average Bonchev–Trinajstić information content (AvgIpc) is 2.89. The van der Waals surface area contributed by atoms with E-state index in [1.54, 1.807) is 30.3 Å². The molecule has 1 amide bonds. The van der Waals surface area contributed by atoms with Crippen LogP contribution in [0.3, 0.4) is 0 Å². The first-order valence-corrected chi connectivity index (χ1v) is 13.4. The van der Waals surface area contributed by atoms with Crippen LogP contribution < -0.4 is 24.3 Å². The molecule has 3 aromatic rings. The Morgan fingerprint density at radius 3 is 2.05 bits per heavy atom. The maximum absolute atomic E-state index is 13.3. The van der Waals surface area contributed by atoms with Crippen LogP contribution >= 0.6 is 11.8 Å². The van der Waals surface area contributed by atoms with Crippen molar-refractivity contribution in [3.8, 4) is 28.7 Å². The summed E-state index contributed by atoms with van der Waals surface area (Å²) in [6, 6.07) is 12.5. The molecule has 4 rings (SSSR count). The van der Waals surface area contributed by atoms with Gasteiger partial charge in [0.25, 0.3) is 5.91 Å². The van der Waals surface area contributed by atoms with E-state index < -0.39 is 15.7 Å². The second-order valence-electron chi connectivity index (χ2n) is 7.89. The van der Waals surface area contributed by atoms with Gasteiger partial charge in [-0.1, -0.05) is 17.8 Å². The first-order chi connectivity index (χ1) is 17.7. The predicted molar refractivity (Wildman–Crippen MR) is 141 cm³/mol. The van der Waals surface area contributed by atoms with Gasteiger partial charge in [-0.25, -0.2) is 8.42 Å². The van der Waals surface area contributed by atoms with Gasteiger partial charge in [0.05, 0.1) is 60.8 Å². The van der Waals surface area contributed by atoms with Gasteiger partial charge in [-0.2, -0.15) is 0 Å². The van der Waals surface area contributed by atoms with Crippen LogP contribution in [-0.4, -0.2) is 47.9 Å². The number of thioether (sulfide) groups is 1. The lowest BCUT2D eigenvalue weighted by atomic mass is 10.1. The van der Waals surface area contributed by atoms with Gasteiger partial charge in [-0.15, -0.1) is 0 Å². The maximum atomic E-state index is 13.3. The van der Waals surface area contributed by atoms with Crippen molar-refractivity contribution >= 4 is 39.3 Å². The molecule has 0 bridgehead atoms. The number of carbonyl (C=O) groups excluding carboxylic acids is 1. The number of phenols is 1. The molecule has 0 atom stereocenters. The van der Waals surface area contributed by atoms with Crippen molar-refractivity contribution in [1.29, 1.82) is 0 Å². The third-order valence-corrected chi connectivity index (χ3v) is 8.41. The van der Waals surface area contributed by atoms with Gasteiger partial charge in [0, 0.05) is 17.0 Å². The lowest BCUT2D eigenvalue weighted by molar-refractivity contribution is -0.112. The van der Waals surface area contributed by atoms with Gasteiger partial charge < -0.3 is 29.4 Å². The molecule has 37 heavy (non-hydrogen) atoms. The summed E-state index contributed by atoms with van der Waals surface area (Å²) in [5, 5.41) is 12.6. The summed E-state index contributed by atoms with van der Waals surface area (Å²) < 4.78 is 47.9. The molecule has 0 saturated heterocycles. The predicted octanol–water partition coefficient (Wildman–Crippen LogP) is 4.49. The molecule has 2 N–H and O–H groups in total. The zero-order chi connectivity index (χ0) is 26.7. The molecule has 0 aromatic heterocycles. The first kappa shape index (κ1) is 26.2. The quantitative estimate of drug-likeness (QED) is 0.396. The molecule has 1 aliphatic heterocycles. The van der Waals surface area contributed by atoms with Crippen LogP contribution in [0.1, 0.15) is 11.1 Å². The summed E-state index contributed by atoms with van der Waals surface area (Å²) in [5.41, 5.74) is 1.27. The van der Waals surface area contributed by atoms with E-state index >= 15 is 0 Å². The molecule has 0 spiro atoms. The summed E-state index contributed by atoms with van der Waals surface area (Å²) in [6.45, 7) is 0. The molecule has 3 aromatic carbocycles. The van der Waals surface area contributed by atoms with E-state index in [1.165, 1.54) is 64.5 Å². The Morgan fingerprint density at radius 2 is 1.49 bits per heavy atom. The van der Waals surface area contributed by atoms with Gasteiger partial charge >= 0.3 is 0 Å². The highest BCUT2D eigenvalue weighted by Crippen LogP contribution is 2.43. The maximum Gasteiger partial charge on any atom is 0.262 e. The van der Waals surface area contributed by atoms with E-state index in [4.69, 9.17) is 18.9 Å². The summed E-state index contributed by atoms with van der Waals surface area (Å²) >= 11 is 1.18. The topological polar surface area (TPSA) is 120 Å². The average molecular weight is 544 g/mol. The Hall–Kier alpha value is -3.83. The van der Waals surface area contributed by atoms with Crippen molar-refractivity contribution in [3.63, 3.8) is 0 Å². The fraction of sp³-hybridized carbons (Fsp3) is 0.192. The highest BCUT2D eigenvalue weighted by Gasteiger charge is 2.26. The molecular weight excluding hydrogens is 518 g/mol. The van der Waals surface area contributed by atoms with Crippen molar-refractivity contribution < 1.29 is 37.3 Å². The van der Waals surface area contributed by atoms with Crippen molar-refractivity contribution in [2.75, 3.05) is 33.8 Å². The molecule has 0 unspecified atom stereocenters. The minimum Gasteiger partial charge on any atom is -0.508 e. The number of nitrogens with one attached hydrogen (secondary N) is 1. The third kappa shape index (κ3) is 5.32. The second kappa shape index (κ2) is 10.7. The van der Waals surface area contributed by atoms with Gasteiger partial charge in [-0.3, -0.25) is 4.79 Å². The summed E-state index contributed by atoms with van der Waals surface area (Å²) in [7, 11) is 2.01. The fourth-order valence-electron chi connectivity index (χ4n) is 3.87. The van der Waals surface area contributed by atoms with Crippen LogP contribution in [0.15, 0.2) is 63.2 Å². The highest BCUT2D eigenvalue weighted by molar-refractivity contribution is 8.04. The minimum atomic E-state index is -3.81. The summed E-state index contributed by atoms with van der Waals surface area (Å²) in [4.78, 5) is 14.0. The van der Waals surface area contributed by atoms with Crippen LogP contribution in [0.4, 0.5) is 5.69 Å². The zero-order valence-corrected chi connectivity index (χ0v) is 22.2. The lowest BCUT2D eigenvalue weighted by Crippen LogP contribution is -2.18. The van der Waals surface area contributed by atoms with E-state index in [0.29, 0.717) is 49.6 Å². The molecule has 9 nitrogen and oxygen atoms in total. The first-order valence-electron chi connectivity index (χ1n) is 10.9. The Balaban J connectivity index is 1.67. The van der Waals surface area contributed by atoms with Gasteiger partial charge in [-0.05, 0) is 36.4 Å². The number of aromatic hydroxyl groups is 1. The van der Waals surface area contributed by atoms with Crippen molar-refractivity contribution in [3.05, 3.63) is 64.6 Å². The number of fused-ring (bicyclic) bond motifs is 1. The molecule has 0 fully saturated rings. The number of sulfone groups is 1. The number of methoxy groups -OCH3 is 4. The molecule has 194 valence electrons. The van der Waals surface area contributed by atoms with Crippen LogP contribution in [0, 0.1) is 0 Å². The number of phenolic OH excluding ortho intramolecular Hbond substituents is 1. The van der Waals surface area contributed by atoms with Crippen LogP contribution in [0.2, 0.25) is 0 Å². The van der Waals surface area contributed by atoms with Crippen molar-refractivity contribution in [2.45, 2.75) is 15.5 Å². The molecule has 1 aliphatic rings. The normalized spacial score (nSPS) is 14.1. The highest BCUT2D eigenvalue weighted by atomic mass is 32.2. The summed E-state index contributed by atoms with van der Waals surface area (Å²) in [6.07, 6.45) is 1.60. The van der Waals surface area contributed by atoms with Gasteiger partial charge in [0.2, 0.25) is 0 Å². The van der Waals surface area contributed by atoms with Crippen LogP contribution in [0.5, 0.6) is 28.7 Å². The fourth-order valence-corrected chi connectivity index (χ4v) is 6.19. The number of anilines is 1. The number of carbonyl (C=O) groups is 1. The number of hydrogen-bond acceptors (Lipinski definition) is 9. The van der Waals surface area contributed by atoms with Crippen molar-refractivity contribution in [1.82, 2.24) is 0 Å². The smallest absolute Gasteiger partial charge is 0.262 e. The standard InChI is InChI=1S/C26H25NO8S2/c1-32-20-6-5-7-21(33-2)18(20)14-37(30,31)16-8-9-24-19(12-16)27-26(29)25(36-24)13-17-22(34-3)10-15(28)11-23(17)35-4/h5-13,28H,14H2,1-4H3,(H,27,29)/b25-13+. The third-order valence-electron chi connectivity index (χ3n) is 5.67. The Kier molecular flexibility index (Phi) is 7.55. The van der Waals surface area contributed by atoms with Gasteiger partial charge in [0.15, 0.2) is 9.84 Å². The van der Waals surface area contributed by atoms with Crippen LogP contribution in [-0.2, 0) is 20.4 Å². The number of rotatable bonds is 8. The molecular formula is C26H25NO8S2. The molecule has 0 saturated carbocycles. The zero-order valence-electron chi connectivity index (χ0n) is 20.5. The Bertz CT molecular complexity index is 1450. The minimum absolute atomic E-state index is 0.0403. The van der Waals surface area contributed by atoms with E-state index in [1.807, 2.05) is 0 Å². The van der Waals surface area contributed by atoms with Gasteiger partial charge in [0.1, 0.15) is 28.7 Å². The largest absolute Gasteiger partial charge is 0.508 e. The van der Waals surface area contributed by atoms with Crippen LogP contribution in [0.25, 0.3) is 6.08 Å². The molecule has 11 heteroatoms. The van der Waals surface area contributed by atoms with E-state index in [9.17, 15) is 18.3 Å². The number of amides is 1. The summed E-state index contributed by atoms with van der Waals surface area (Å²) in [5.74, 6) is 0.663. The number of benzene rings is 3. The molecule has 0 aliphatic carbocycles. The van der Waals surface area contributed by atoms with E-state index in [-0.39, 0.29) is 16.4 Å². The van der Waals surface area contributed by atoms with E-state index in [2.05, 4.69) is 5.32 Å². The van der Waals surface area contributed by atoms with E-state index in [0.717, 1.165) is 0 Å². The monoisotopic (exact) mass is 543 g/mol. The number of ether oxygens (including phenoxy) is 4. The SMILES string of the molecule is COc1cc(O)cc(OC)c1/C=C1/Sc2ccc(S(=O)(=O)Cc3c(OC)cccc3OC)cc2NC1=O. The lowest BCUT2D eigenvalue weighted by Gasteiger charge is -2.20. The van der Waals surface area contributed by atoms with Crippen molar-refractivity contribution in [2.24, 2.45) is 0 Å². The molecule has 1 heterocycles. The second-order valence-corrected chi connectivity index (χ2v) is 11.0. The number of hydrogen-bond donors (Lipinski definition) is 2. The Morgan fingerprint density at radius 1 is 0.892 bits per heavy atom.